The summed E-state index contributed by atoms with van der Waals surface area (Å²) in [6.45, 7) is 4.88. The molecule has 1 aromatic heterocycles. The first-order valence-corrected chi connectivity index (χ1v) is 13.0. The van der Waals surface area contributed by atoms with Crippen molar-refractivity contribution < 1.29 is 9.53 Å². The van der Waals surface area contributed by atoms with Gasteiger partial charge in [0.25, 0.3) is 0 Å². The monoisotopic (exact) mass is 507 g/mol. The zero-order valence-corrected chi connectivity index (χ0v) is 21.9. The Hall–Kier alpha value is -4.39. The molecule has 0 unspecified atom stereocenters. The number of methoxy groups -OCH3 is 1. The first-order chi connectivity index (χ1) is 18.6. The number of hydrogen-bond donors (Lipinski definition) is 1. The van der Waals surface area contributed by atoms with Gasteiger partial charge in [0.1, 0.15) is 11.6 Å². The van der Waals surface area contributed by atoms with E-state index in [2.05, 4.69) is 41.4 Å². The summed E-state index contributed by atoms with van der Waals surface area (Å²) in [6, 6.07) is 27.9. The van der Waals surface area contributed by atoms with E-state index in [0.29, 0.717) is 19.6 Å². The largest absolute Gasteiger partial charge is 0.497 e. The fraction of sp³-hybridized carbons (Fsp3) is 0.258. The van der Waals surface area contributed by atoms with Crippen LogP contribution in [0.1, 0.15) is 23.2 Å². The molecule has 3 aromatic carbocycles. The number of ether oxygens (including phenoxy) is 1. The molecule has 0 saturated carbocycles. The number of benzene rings is 3. The van der Waals surface area contributed by atoms with Crippen molar-refractivity contribution in [3.8, 4) is 17.1 Å². The van der Waals surface area contributed by atoms with Crippen LogP contribution >= 0.6 is 0 Å². The van der Waals surface area contributed by atoms with Gasteiger partial charge < -0.3 is 19.9 Å². The van der Waals surface area contributed by atoms with Gasteiger partial charge in [-0.15, -0.1) is 0 Å². The van der Waals surface area contributed by atoms with E-state index in [-0.39, 0.29) is 6.03 Å². The average Bonchev–Trinajstić information content (AvgIpc) is 3.22. The maximum atomic E-state index is 13.1. The van der Waals surface area contributed by atoms with Crippen molar-refractivity contribution in [2.75, 3.05) is 43.5 Å². The van der Waals surface area contributed by atoms with Crippen LogP contribution in [0, 0.1) is 6.92 Å². The fourth-order valence-corrected chi connectivity index (χ4v) is 4.78. The van der Waals surface area contributed by atoms with E-state index in [9.17, 15) is 4.79 Å². The molecule has 0 atom stereocenters. The van der Waals surface area contributed by atoms with Gasteiger partial charge in [-0.05, 0) is 43.2 Å². The summed E-state index contributed by atoms with van der Waals surface area (Å²) in [5, 5.41) is 3.02. The number of anilines is 2. The lowest BCUT2D eigenvalue weighted by Gasteiger charge is -2.26. The maximum absolute atomic E-state index is 13.1. The summed E-state index contributed by atoms with van der Waals surface area (Å²) < 4.78 is 5.21. The highest BCUT2D eigenvalue weighted by Crippen LogP contribution is 2.28. The van der Waals surface area contributed by atoms with Gasteiger partial charge in [-0.2, -0.15) is 0 Å². The summed E-state index contributed by atoms with van der Waals surface area (Å²) >= 11 is 0. The summed E-state index contributed by atoms with van der Waals surface area (Å²) in [4.78, 5) is 27.3. The minimum Gasteiger partial charge on any atom is -0.497 e. The van der Waals surface area contributed by atoms with Crippen molar-refractivity contribution >= 4 is 17.5 Å². The van der Waals surface area contributed by atoms with Crippen molar-refractivity contribution in [1.29, 1.82) is 0 Å². The van der Waals surface area contributed by atoms with Crippen LogP contribution in [0.15, 0.2) is 84.9 Å². The molecule has 7 nitrogen and oxygen atoms in total. The molecule has 2 amide bonds. The van der Waals surface area contributed by atoms with Gasteiger partial charge in [-0.25, -0.2) is 14.8 Å². The number of nitrogens with one attached hydrogen (secondary N) is 1. The maximum Gasteiger partial charge on any atom is 0.321 e. The summed E-state index contributed by atoms with van der Waals surface area (Å²) in [5.41, 5.74) is 5.09. The summed E-state index contributed by atoms with van der Waals surface area (Å²) in [5.74, 6) is 2.45. The second kappa shape index (κ2) is 11.8. The molecule has 4 aromatic rings. The number of nitrogens with zero attached hydrogens (tertiary/aromatic N) is 4. The number of rotatable bonds is 6. The number of urea groups is 1. The van der Waals surface area contributed by atoms with Crippen molar-refractivity contribution in [3.63, 3.8) is 0 Å². The molecule has 1 N–H and O–H groups in total. The molecule has 1 saturated heterocycles. The normalized spacial score (nSPS) is 13.6. The van der Waals surface area contributed by atoms with E-state index in [1.54, 1.807) is 7.11 Å². The topological polar surface area (TPSA) is 70.6 Å². The third kappa shape index (κ3) is 5.94. The average molecular weight is 508 g/mol. The zero-order chi connectivity index (χ0) is 26.3. The molecule has 194 valence electrons. The van der Waals surface area contributed by atoms with Crippen LogP contribution in [0.4, 0.5) is 16.3 Å². The Morgan fingerprint density at radius 3 is 2.29 bits per heavy atom. The Labute approximate surface area is 224 Å². The minimum absolute atomic E-state index is 0.0923. The smallest absolute Gasteiger partial charge is 0.321 e. The standard InChI is InChI=1S/C31H33N5O2/c1-23-28(22-24-10-5-3-6-11-24)30(34-29(32-23)25-12-7-4-8-13-25)35-18-9-19-36(21-20-35)31(37)33-26-14-16-27(38-2)17-15-26/h3-8,10-17H,9,18-22H2,1-2H3,(H,33,37). The van der Waals surface area contributed by atoms with E-state index in [4.69, 9.17) is 14.7 Å². The lowest BCUT2D eigenvalue weighted by Crippen LogP contribution is -2.38. The Morgan fingerprint density at radius 2 is 1.58 bits per heavy atom. The first-order valence-electron chi connectivity index (χ1n) is 13.0. The fourth-order valence-electron chi connectivity index (χ4n) is 4.78. The van der Waals surface area contributed by atoms with E-state index in [1.807, 2.05) is 65.6 Å². The molecule has 0 radical (unpaired) electrons. The van der Waals surface area contributed by atoms with Crippen molar-refractivity contribution in [1.82, 2.24) is 14.9 Å². The Kier molecular flexibility index (Phi) is 7.83. The number of aromatic nitrogens is 2. The molecule has 0 aliphatic carbocycles. The molecule has 1 aliphatic rings. The predicted octanol–water partition coefficient (Wildman–Crippen LogP) is 5.80. The van der Waals surface area contributed by atoms with E-state index in [0.717, 1.165) is 59.3 Å². The summed E-state index contributed by atoms with van der Waals surface area (Å²) in [7, 11) is 1.63. The van der Waals surface area contributed by atoms with Crippen molar-refractivity contribution in [2.45, 2.75) is 19.8 Å². The molecule has 1 fully saturated rings. The highest BCUT2D eigenvalue weighted by molar-refractivity contribution is 5.89. The lowest BCUT2D eigenvalue weighted by molar-refractivity contribution is 0.215. The lowest BCUT2D eigenvalue weighted by atomic mass is 10.0. The van der Waals surface area contributed by atoms with Crippen LogP contribution < -0.4 is 15.0 Å². The van der Waals surface area contributed by atoms with Crippen LogP contribution in [0.3, 0.4) is 0 Å². The number of carbonyl (C=O) groups excluding carboxylic acids is 1. The number of aryl methyl sites for hydroxylation is 1. The highest BCUT2D eigenvalue weighted by Gasteiger charge is 2.24. The van der Waals surface area contributed by atoms with Gasteiger partial charge in [-0.1, -0.05) is 60.7 Å². The Morgan fingerprint density at radius 1 is 0.868 bits per heavy atom. The van der Waals surface area contributed by atoms with Gasteiger partial charge in [0.05, 0.1) is 7.11 Å². The van der Waals surface area contributed by atoms with Crippen molar-refractivity contribution in [3.05, 3.63) is 102 Å². The second-order valence-corrected chi connectivity index (χ2v) is 9.45. The van der Waals surface area contributed by atoms with Gasteiger partial charge in [-0.3, -0.25) is 0 Å². The number of amides is 2. The minimum atomic E-state index is -0.0923. The SMILES string of the molecule is COc1ccc(NC(=O)N2CCCN(c3nc(-c4ccccc4)nc(C)c3Cc3ccccc3)CC2)cc1. The predicted molar refractivity (Wildman–Crippen MR) is 152 cm³/mol. The first kappa shape index (κ1) is 25.3. The number of carbonyl (C=O) groups is 1. The van der Waals surface area contributed by atoms with Gasteiger partial charge >= 0.3 is 6.03 Å². The van der Waals surface area contributed by atoms with E-state index < -0.39 is 0 Å². The van der Waals surface area contributed by atoms with Crippen LogP contribution in [0.2, 0.25) is 0 Å². The van der Waals surface area contributed by atoms with E-state index >= 15 is 0 Å². The highest BCUT2D eigenvalue weighted by atomic mass is 16.5. The molecule has 5 rings (SSSR count). The Bertz CT molecular complexity index is 1360. The van der Waals surface area contributed by atoms with Gasteiger partial charge in [0.2, 0.25) is 0 Å². The molecule has 1 aliphatic heterocycles. The van der Waals surface area contributed by atoms with Crippen LogP contribution in [-0.4, -0.2) is 54.2 Å². The van der Waals surface area contributed by atoms with Crippen LogP contribution in [-0.2, 0) is 6.42 Å². The number of hydrogen-bond acceptors (Lipinski definition) is 5. The van der Waals surface area contributed by atoms with Crippen LogP contribution in [0.25, 0.3) is 11.4 Å². The molecular weight excluding hydrogens is 474 g/mol. The zero-order valence-electron chi connectivity index (χ0n) is 21.9. The van der Waals surface area contributed by atoms with E-state index in [1.165, 1.54) is 5.56 Å². The quantitative estimate of drug-likeness (QED) is 0.357. The molecular formula is C31H33N5O2. The van der Waals surface area contributed by atoms with Gasteiger partial charge in [0.15, 0.2) is 5.82 Å². The molecule has 0 bridgehead atoms. The second-order valence-electron chi connectivity index (χ2n) is 9.45. The van der Waals surface area contributed by atoms with Gasteiger partial charge in [0, 0.05) is 55.1 Å². The molecule has 7 heteroatoms. The molecule has 0 spiro atoms. The molecule has 2 heterocycles. The Balaban J connectivity index is 1.38. The third-order valence-corrected chi connectivity index (χ3v) is 6.87. The summed E-state index contributed by atoms with van der Waals surface area (Å²) in [6.07, 6.45) is 1.61. The van der Waals surface area contributed by atoms with Crippen molar-refractivity contribution in [2.24, 2.45) is 0 Å². The third-order valence-electron chi connectivity index (χ3n) is 6.87. The molecule has 38 heavy (non-hydrogen) atoms. The van der Waals surface area contributed by atoms with Crippen LogP contribution in [0.5, 0.6) is 5.75 Å².